The molecular weight excluding hydrogens is 222 g/mol. The van der Waals surface area contributed by atoms with Gasteiger partial charge < -0.3 is 4.57 Å². The molecule has 4 heteroatoms. The van der Waals surface area contributed by atoms with Crippen LogP contribution in [0.25, 0.3) is 0 Å². The summed E-state index contributed by atoms with van der Waals surface area (Å²) >= 11 is 5.93. The lowest BCUT2D eigenvalue weighted by molar-refractivity contribution is 0.457. The van der Waals surface area contributed by atoms with E-state index in [-0.39, 0.29) is 0 Å². The van der Waals surface area contributed by atoms with Gasteiger partial charge in [-0.3, -0.25) is 0 Å². The van der Waals surface area contributed by atoms with E-state index in [2.05, 4.69) is 14.5 Å². The Kier molecular flexibility index (Phi) is 2.40. The van der Waals surface area contributed by atoms with E-state index in [9.17, 15) is 0 Å². The van der Waals surface area contributed by atoms with Gasteiger partial charge in [0.2, 0.25) is 0 Å². The molecule has 0 aromatic carbocycles. The fourth-order valence-electron chi connectivity index (χ4n) is 2.37. The first-order valence-electron chi connectivity index (χ1n) is 5.47. The molecule has 0 fully saturated rings. The maximum absolute atomic E-state index is 5.93. The Labute approximate surface area is 99.1 Å². The van der Waals surface area contributed by atoms with Gasteiger partial charge in [-0.2, -0.15) is 0 Å². The van der Waals surface area contributed by atoms with Gasteiger partial charge >= 0.3 is 0 Å². The van der Waals surface area contributed by atoms with Crippen LogP contribution in [0.15, 0.2) is 30.9 Å². The predicted molar refractivity (Wildman–Crippen MR) is 62.6 cm³/mol. The quantitative estimate of drug-likeness (QED) is 0.710. The van der Waals surface area contributed by atoms with Crippen molar-refractivity contribution in [1.82, 2.24) is 14.5 Å². The van der Waals surface area contributed by atoms with E-state index in [1.54, 1.807) is 6.20 Å². The second-order valence-electron chi connectivity index (χ2n) is 4.11. The molecule has 1 aliphatic rings. The van der Waals surface area contributed by atoms with Crippen LogP contribution in [0.5, 0.6) is 0 Å². The van der Waals surface area contributed by atoms with E-state index in [1.807, 2.05) is 24.7 Å². The Morgan fingerprint density at radius 1 is 1.44 bits per heavy atom. The lowest BCUT2D eigenvalue weighted by atomic mass is 9.97. The topological polar surface area (TPSA) is 30.7 Å². The highest BCUT2D eigenvalue weighted by molar-refractivity contribution is 6.29. The van der Waals surface area contributed by atoms with Gasteiger partial charge in [-0.25, -0.2) is 9.97 Å². The summed E-state index contributed by atoms with van der Waals surface area (Å²) in [6, 6.07) is 4.35. The third-order valence-electron chi connectivity index (χ3n) is 3.13. The van der Waals surface area contributed by atoms with Crippen molar-refractivity contribution in [3.05, 3.63) is 47.3 Å². The molecule has 3 heterocycles. The molecule has 0 amide bonds. The number of fused-ring (bicyclic) bond motifs is 1. The molecule has 1 atom stereocenters. The van der Waals surface area contributed by atoms with Crippen LogP contribution in [0.3, 0.4) is 0 Å². The fourth-order valence-corrected chi connectivity index (χ4v) is 2.56. The summed E-state index contributed by atoms with van der Waals surface area (Å²) in [6.45, 7) is 0. The van der Waals surface area contributed by atoms with E-state index in [1.165, 1.54) is 17.7 Å². The van der Waals surface area contributed by atoms with Crippen molar-refractivity contribution >= 4 is 11.6 Å². The van der Waals surface area contributed by atoms with Crippen LogP contribution in [0.1, 0.15) is 30.1 Å². The van der Waals surface area contributed by atoms with Gasteiger partial charge in [0.1, 0.15) is 5.15 Å². The molecule has 3 rings (SSSR count). The summed E-state index contributed by atoms with van der Waals surface area (Å²) in [5, 5.41) is 0.560. The van der Waals surface area contributed by atoms with Gasteiger partial charge in [-0.05, 0) is 37.0 Å². The highest BCUT2D eigenvalue weighted by atomic mass is 35.5. The van der Waals surface area contributed by atoms with Crippen LogP contribution >= 0.6 is 11.6 Å². The third kappa shape index (κ3) is 1.61. The second kappa shape index (κ2) is 3.91. The largest absolute Gasteiger partial charge is 0.327 e. The number of rotatable bonds is 1. The zero-order chi connectivity index (χ0) is 11.0. The Morgan fingerprint density at radius 3 is 3.25 bits per heavy atom. The molecule has 1 unspecified atom stereocenters. The monoisotopic (exact) mass is 233 g/mol. The van der Waals surface area contributed by atoms with Gasteiger partial charge in [0.25, 0.3) is 0 Å². The maximum atomic E-state index is 5.93. The molecule has 2 aromatic heterocycles. The Bertz CT molecular complexity index is 506. The SMILES string of the molecule is Clc1cc(C2CCCc3cncn32)ccn1. The van der Waals surface area contributed by atoms with Gasteiger partial charge in [0, 0.05) is 18.1 Å². The molecule has 0 saturated carbocycles. The number of aromatic nitrogens is 3. The number of nitrogens with zero attached hydrogens (tertiary/aromatic N) is 3. The van der Waals surface area contributed by atoms with Crippen molar-refractivity contribution in [2.45, 2.75) is 25.3 Å². The van der Waals surface area contributed by atoms with E-state index in [0.717, 1.165) is 12.8 Å². The van der Waals surface area contributed by atoms with E-state index < -0.39 is 0 Å². The lowest BCUT2D eigenvalue weighted by Gasteiger charge is -2.25. The summed E-state index contributed by atoms with van der Waals surface area (Å²) in [6.07, 6.45) is 9.10. The summed E-state index contributed by atoms with van der Waals surface area (Å²) in [5.41, 5.74) is 2.53. The first-order valence-corrected chi connectivity index (χ1v) is 5.84. The van der Waals surface area contributed by atoms with E-state index in [4.69, 9.17) is 11.6 Å². The molecule has 0 spiro atoms. The zero-order valence-electron chi connectivity index (χ0n) is 8.81. The van der Waals surface area contributed by atoms with Crippen molar-refractivity contribution in [2.24, 2.45) is 0 Å². The number of hydrogen-bond acceptors (Lipinski definition) is 2. The van der Waals surface area contributed by atoms with Crippen molar-refractivity contribution in [2.75, 3.05) is 0 Å². The van der Waals surface area contributed by atoms with Gasteiger partial charge in [-0.1, -0.05) is 11.6 Å². The van der Waals surface area contributed by atoms with Crippen LogP contribution in [0.4, 0.5) is 0 Å². The molecule has 3 nitrogen and oxygen atoms in total. The third-order valence-corrected chi connectivity index (χ3v) is 3.33. The molecule has 0 saturated heterocycles. The van der Waals surface area contributed by atoms with Crippen LogP contribution in [0, 0.1) is 0 Å². The predicted octanol–water partition coefficient (Wildman–Crippen LogP) is 2.86. The lowest BCUT2D eigenvalue weighted by Crippen LogP contribution is -2.17. The minimum atomic E-state index is 0.367. The summed E-state index contributed by atoms with van der Waals surface area (Å²) < 4.78 is 2.25. The number of imidazole rings is 1. The number of pyridine rings is 1. The highest BCUT2D eigenvalue weighted by Crippen LogP contribution is 2.30. The molecule has 2 aromatic rings. The Balaban J connectivity index is 2.04. The average Bonchev–Trinajstić information content (AvgIpc) is 2.76. The maximum Gasteiger partial charge on any atom is 0.129 e. The molecule has 0 aliphatic carbocycles. The normalized spacial score (nSPS) is 19.4. The van der Waals surface area contributed by atoms with Crippen molar-refractivity contribution < 1.29 is 0 Å². The molecule has 0 N–H and O–H groups in total. The second-order valence-corrected chi connectivity index (χ2v) is 4.50. The molecule has 16 heavy (non-hydrogen) atoms. The Hall–Kier alpha value is -1.35. The standard InChI is InChI=1S/C12H12ClN3/c13-12-6-9(4-5-15-12)11-3-1-2-10-7-14-8-16(10)11/h4-8,11H,1-3H2. The first kappa shape index (κ1) is 9.85. The summed E-state index contributed by atoms with van der Waals surface area (Å²) in [4.78, 5) is 8.24. The van der Waals surface area contributed by atoms with Crippen LogP contribution < -0.4 is 0 Å². The smallest absolute Gasteiger partial charge is 0.129 e. The van der Waals surface area contributed by atoms with Crippen LogP contribution in [0.2, 0.25) is 5.15 Å². The Morgan fingerprint density at radius 2 is 2.38 bits per heavy atom. The first-order chi connectivity index (χ1) is 7.84. The molecule has 82 valence electrons. The van der Waals surface area contributed by atoms with E-state index >= 15 is 0 Å². The van der Waals surface area contributed by atoms with Gasteiger partial charge in [0.05, 0.1) is 12.4 Å². The molecule has 0 bridgehead atoms. The van der Waals surface area contributed by atoms with E-state index in [0.29, 0.717) is 11.2 Å². The van der Waals surface area contributed by atoms with Crippen LogP contribution in [-0.4, -0.2) is 14.5 Å². The highest BCUT2D eigenvalue weighted by Gasteiger charge is 2.20. The number of aryl methyl sites for hydroxylation is 1. The number of hydrogen-bond donors (Lipinski definition) is 0. The minimum Gasteiger partial charge on any atom is -0.327 e. The van der Waals surface area contributed by atoms with Gasteiger partial charge in [0.15, 0.2) is 0 Å². The van der Waals surface area contributed by atoms with Gasteiger partial charge in [-0.15, -0.1) is 0 Å². The summed E-state index contributed by atoms with van der Waals surface area (Å²) in [5.74, 6) is 0. The average molecular weight is 234 g/mol. The summed E-state index contributed by atoms with van der Waals surface area (Å²) in [7, 11) is 0. The fraction of sp³-hybridized carbons (Fsp3) is 0.333. The molecule has 1 aliphatic heterocycles. The molecule has 0 radical (unpaired) electrons. The zero-order valence-corrected chi connectivity index (χ0v) is 9.56. The minimum absolute atomic E-state index is 0.367. The number of halogens is 1. The van der Waals surface area contributed by atoms with Crippen molar-refractivity contribution in [3.8, 4) is 0 Å². The van der Waals surface area contributed by atoms with Crippen LogP contribution in [-0.2, 0) is 6.42 Å². The molecular formula is C12H12ClN3. The van der Waals surface area contributed by atoms with Crippen molar-refractivity contribution in [3.63, 3.8) is 0 Å². The van der Waals surface area contributed by atoms with Crippen molar-refractivity contribution in [1.29, 1.82) is 0 Å².